The molecule has 0 spiro atoms. The van der Waals surface area contributed by atoms with Crippen molar-refractivity contribution < 1.29 is 0 Å². The summed E-state index contributed by atoms with van der Waals surface area (Å²) in [5, 5.41) is 15.3. The Bertz CT molecular complexity index is 827. The molecule has 1 aromatic heterocycles. The highest BCUT2D eigenvalue weighted by atomic mass is 35.5. The van der Waals surface area contributed by atoms with E-state index in [1.54, 1.807) is 24.4 Å². The summed E-state index contributed by atoms with van der Waals surface area (Å²) in [6, 6.07) is 15.6. The van der Waals surface area contributed by atoms with Gasteiger partial charge in [-0.1, -0.05) is 53.5 Å². The number of nitrogens with one attached hydrogen (secondary N) is 2. The predicted octanol–water partition coefficient (Wildman–Crippen LogP) is 4.97. The van der Waals surface area contributed by atoms with E-state index < -0.39 is 0 Å². The fourth-order valence-electron chi connectivity index (χ4n) is 2.31. The van der Waals surface area contributed by atoms with Gasteiger partial charge in [0.2, 0.25) is 5.95 Å². The van der Waals surface area contributed by atoms with Gasteiger partial charge in [0.15, 0.2) is 5.82 Å². The van der Waals surface area contributed by atoms with Crippen LogP contribution < -0.4 is 10.6 Å². The van der Waals surface area contributed by atoms with Crippen LogP contribution in [0.5, 0.6) is 0 Å². The van der Waals surface area contributed by atoms with Crippen molar-refractivity contribution in [2.75, 3.05) is 17.2 Å². The zero-order chi connectivity index (χ0) is 17.5. The van der Waals surface area contributed by atoms with Gasteiger partial charge >= 0.3 is 0 Å². The van der Waals surface area contributed by atoms with Gasteiger partial charge < -0.3 is 10.6 Å². The van der Waals surface area contributed by atoms with Crippen LogP contribution in [0.1, 0.15) is 12.0 Å². The van der Waals surface area contributed by atoms with Crippen LogP contribution in [0.3, 0.4) is 0 Å². The fourth-order valence-corrected chi connectivity index (χ4v) is 2.76. The Kier molecular flexibility index (Phi) is 6.04. The Hall–Kier alpha value is -2.37. The van der Waals surface area contributed by atoms with E-state index in [-0.39, 0.29) is 0 Å². The van der Waals surface area contributed by atoms with E-state index in [0.29, 0.717) is 27.5 Å². The number of nitrogens with zero attached hydrogens (tertiary/aromatic N) is 3. The molecule has 1 heterocycles. The van der Waals surface area contributed by atoms with E-state index in [9.17, 15) is 0 Å². The predicted molar refractivity (Wildman–Crippen MR) is 103 cm³/mol. The Morgan fingerprint density at radius 3 is 2.64 bits per heavy atom. The number of benzene rings is 2. The van der Waals surface area contributed by atoms with Crippen molar-refractivity contribution in [2.24, 2.45) is 0 Å². The van der Waals surface area contributed by atoms with Gasteiger partial charge in [-0.2, -0.15) is 10.1 Å². The van der Waals surface area contributed by atoms with E-state index in [4.69, 9.17) is 23.2 Å². The first kappa shape index (κ1) is 17.5. The number of aromatic nitrogens is 3. The van der Waals surface area contributed by atoms with Gasteiger partial charge in [0.05, 0.1) is 16.9 Å². The number of anilines is 3. The first-order valence-electron chi connectivity index (χ1n) is 7.90. The summed E-state index contributed by atoms with van der Waals surface area (Å²) in [5.74, 6) is 1.04. The highest BCUT2D eigenvalue weighted by molar-refractivity contribution is 6.36. The molecule has 0 bridgehead atoms. The Balaban J connectivity index is 1.54. The molecule has 0 fully saturated rings. The maximum Gasteiger partial charge on any atom is 0.249 e. The minimum atomic E-state index is 0.372. The van der Waals surface area contributed by atoms with Crippen LogP contribution in [-0.4, -0.2) is 21.7 Å². The first-order valence-corrected chi connectivity index (χ1v) is 8.66. The monoisotopic (exact) mass is 373 g/mol. The van der Waals surface area contributed by atoms with Gasteiger partial charge in [0, 0.05) is 11.6 Å². The summed E-state index contributed by atoms with van der Waals surface area (Å²) in [6.45, 7) is 0.800. The van der Waals surface area contributed by atoms with Crippen LogP contribution in [0.25, 0.3) is 0 Å². The van der Waals surface area contributed by atoms with Crippen LogP contribution in [0.15, 0.2) is 54.7 Å². The highest BCUT2D eigenvalue weighted by Gasteiger charge is 2.05. The molecule has 0 aliphatic rings. The molecule has 3 aromatic rings. The van der Waals surface area contributed by atoms with Crippen molar-refractivity contribution in [3.8, 4) is 0 Å². The molecule has 5 nitrogen and oxygen atoms in total. The third kappa shape index (κ3) is 5.31. The van der Waals surface area contributed by atoms with Crippen molar-refractivity contribution in [1.82, 2.24) is 15.2 Å². The third-order valence-electron chi connectivity index (χ3n) is 3.53. The molecule has 0 radical (unpaired) electrons. The molecule has 0 unspecified atom stereocenters. The molecule has 2 N–H and O–H groups in total. The van der Waals surface area contributed by atoms with Crippen LogP contribution in [0.2, 0.25) is 10.0 Å². The smallest absolute Gasteiger partial charge is 0.249 e. The lowest BCUT2D eigenvalue weighted by atomic mass is 10.1. The summed E-state index contributed by atoms with van der Waals surface area (Å²) < 4.78 is 0. The van der Waals surface area contributed by atoms with Gasteiger partial charge in [0.25, 0.3) is 0 Å². The standard InChI is InChI=1S/C18H17Cl2N5/c19-14-8-9-16(15(20)11-14)23-18-24-17(12-22-25-18)21-10-4-7-13-5-2-1-3-6-13/h1-3,5-6,8-9,11-12H,4,7,10H2,(H2,21,23,24,25). The van der Waals surface area contributed by atoms with E-state index in [1.807, 2.05) is 6.07 Å². The summed E-state index contributed by atoms with van der Waals surface area (Å²) in [6.07, 6.45) is 3.61. The second-order valence-corrected chi connectivity index (χ2v) is 6.27. The van der Waals surface area contributed by atoms with Crippen LogP contribution >= 0.6 is 23.2 Å². The van der Waals surface area contributed by atoms with Gasteiger partial charge in [-0.3, -0.25) is 0 Å². The Morgan fingerprint density at radius 1 is 1.00 bits per heavy atom. The van der Waals surface area contributed by atoms with Crippen LogP contribution in [0, 0.1) is 0 Å². The summed E-state index contributed by atoms with van der Waals surface area (Å²) in [5.41, 5.74) is 2.00. The molecule has 3 rings (SSSR count). The summed E-state index contributed by atoms with van der Waals surface area (Å²) in [7, 11) is 0. The Labute approximate surface area is 156 Å². The molecule has 25 heavy (non-hydrogen) atoms. The summed E-state index contributed by atoms with van der Waals surface area (Å²) >= 11 is 12.0. The van der Waals surface area contributed by atoms with Gasteiger partial charge in [-0.15, -0.1) is 5.10 Å². The molecule has 0 saturated carbocycles. The van der Waals surface area contributed by atoms with Gasteiger partial charge in [-0.05, 0) is 36.6 Å². The zero-order valence-electron chi connectivity index (χ0n) is 13.4. The van der Waals surface area contributed by atoms with Crippen molar-refractivity contribution >= 4 is 40.7 Å². The topological polar surface area (TPSA) is 62.7 Å². The van der Waals surface area contributed by atoms with Crippen molar-refractivity contribution in [1.29, 1.82) is 0 Å². The molecule has 0 atom stereocenters. The second kappa shape index (κ2) is 8.65. The second-order valence-electron chi connectivity index (χ2n) is 5.43. The van der Waals surface area contributed by atoms with E-state index in [2.05, 4.69) is 50.1 Å². The lowest BCUT2D eigenvalue weighted by molar-refractivity contribution is 0.853. The number of hydrogen-bond donors (Lipinski definition) is 2. The first-order chi connectivity index (χ1) is 12.2. The normalized spacial score (nSPS) is 10.5. The number of hydrogen-bond acceptors (Lipinski definition) is 5. The molecule has 0 amide bonds. The molecular weight excluding hydrogens is 357 g/mol. The van der Waals surface area contributed by atoms with Gasteiger partial charge in [-0.25, -0.2) is 0 Å². The fraction of sp³-hybridized carbons (Fsp3) is 0.167. The number of halogens is 2. The molecular formula is C18H17Cl2N5. The Morgan fingerprint density at radius 2 is 1.84 bits per heavy atom. The molecule has 0 aliphatic heterocycles. The third-order valence-corrected chi connectivity index (χ3v) is 4.08. The average Bonchev–Trinajstić information content (AvgIpc) is 2.62. The highest BCUT2D eigenvalue weighted by Crippen LogP contribution is 2.27. The largest absolute Gasteiger partial charge is 0.369 e. The molecule has 128 valence electrons. The summed E-state index contributed by atoms with van der Waals surface area (Å²) in [4.78, 5) is 4.39. The average molecular weight is 374 g/mol. The van der Waals surface area contributed by atoms with Crippen molar-refractivity contribution in [2.45, 2.75) is 12.8 Å². The van der Waals surface area contributed by atoms with Crippen LogP contribution in [-0.2, 0) is 6.42 Å². The maximum atomic E-state index is 6.14. The van der Waals surface area contributed by atoms with E-state index in [0.717, 1.165) is 19.4 Å². The van der Waals surface area contributed by atoms with Gasteiger partial charge in [0.1, 0.15) is 0 Å². The lowest BCUT2D eigenvalue weighted by Gasteiger charge is -2.09. The quantitative estimate of drug-likeness (QED) is 0.572. The number of rotatable bonds is 7. The van der Waals surface area contributed by atoms with Crippen molar-refractivity contribution in [3.63, 3.8) is 0 Å². The number of aryl methyl sites for hydroxylation is 1. The lowest BCUT2D eigenvalue weighted by Crippen LogP contribution is -2.07. The van der Waals surface area contributed by atoms with Crippen LogP contribution in [0.4, 0.5) is 17.5 Å². The molecule has 2 aromatic carbocycles. The molecule has 0 aliphatic carbocycles. The zero-order valence-corrected chi connectivity index (χ0v) is 14.9. The maximum absolute atomic E-state index is 6.14. The van der Waals surface area contributed by atoms with E-state index >= 15 is 0 Å². The molecule has 7 heteroatoms. The van der Waals surface area contributed by atoms with Crippen molar-refractivity contribution in [3.05, 3.63) is 70.3 Å². The minimum Gasteiger partial charge on any atom is -0.369 e. The SMILES string of the molecule is Clc1ccc(Nc2nncc(NCCCc3ccccc3)n2)c(Cl)c1. The molecule has 0 saturated heterocycles. The minimum absolute atomic E-state index is 0.372. The van der Waals surface area contributed by atoms with E-state index in [1.165, 1.54) is 5.56 Å².